The number of aromatic nitrogens is 5. The molecule has 0 atom stereocenters. The van der Waals surface area contributed by atoms with Crippen LogP contribution in [0.3, 0.4) is 0 Å². The van der Waals surface area contributed by atoms with E-state index in [-0.39, 0.29) is 0 Å². The molecule has 3 aromatic rings. The molecular formula is C13H12ClN5O. The number of benzene rings is 1. The summed E-state index contributed by atoms with van der Waals surface area (Å²) in [6.45, 7) is 2.41. The van der Waals surface area contributed by atoms with E-state index in [4.69, 9.17) is 16.0 Å². The van der Waals surface area contributed by atoms with Gasteiger partial charge in [0.15, 0.2) is 0 Å². The highest BCUT2D eigenvalue weighted by Gasteiger charge is 2.10. The third-order valence-electron chi connectivity index (χ3n) is 2.79. The monoisotopic (exact) mass is 289 g/mol. The second kappa shape index (κ2) is 5.42. The second-order valence-electron chi connectivity index (χ2n) is 4.41. The van der Waals surface area contributed by atoms with Crippen LogP contribution < -0.4 is 0 Å². The lowest BCUT2D eigenvalue weighted by Gasteiger charge is -1.96. The van der Waals surface area contributed by atoms with Gasteiger partial charge in [-0.15, -0.1) is 26.9 Å². The van der Waals surface area contributed by atoms with E-state index in [1.165, 1.54) is 5.56 Å². The Morgan fingerprint density at radius 1 is 1.15 bits per heavy atom. The summed E-state index contributed by atoms with van der Waals surface area (Å²) in [7, 11) is 0. The Bertz CT molecular complexity index is 704. The van der Waals surface area contributed by atoms with E-state index in [9.17, 15) is 0 Å². The maximum Gasteiger partial charge on any atom is 0.247 e. The first-order valence-corrected chi connectivity index (χ1v) is 6.62. The van der Waals surface area contributed by atoms with Gasteiger partial charge >= 0.3 is 0 Å². The van der Waals surface area contributed by atoms with Crippen molar-refractivity contribution in [1.29, 1.82) is 0 Å². The lowest BCUT2D eigenvalue weighted by atomic mass is 10.1. The first-order chi connectivity index (χ1) is 9.74. The molecule has 0 saturated carbocycles. The fraction of sp³-hybridized carbons (Fsp3) is 0.231. The van der Waals surface area contributed by atoms with Crippen molar-refractivity contribution in [3.8, 4) is 11.5 Å². The first kappa shape index (κ1) is 12.8. The zero-order valence-corrected chi connectivity index (χ0v) is 11.6. The lowest BCUT2D eigenvalue weighted by Crippen LogP contribution is -2.00. The standard InChI is InChI=1S/C13H12ClN5O/c1-9-2-4-10(5-3-9)13-17-16-12(20-13)8-19-7-11(6-14)15-18-19/h2-5,7H,6,8H2,1H3. The minimum Gasteiger partial charge on any atom is -0.419 e. The fourth-order valence-electron chi connectivity index (χ4n) is 1.75. The molecule has 0 aliphatic heterocycles. The number of hydrogen-bond donors (Lipinski definition) is 0. The van der Waals surface area contributed by atoms with E-state index in [1.807, 2.05) is 31.2 Å². The molecule has 0 radical (unpaired) electrons. The Morgan fingerprint density at radius 3 is 2.65 bits per heavy atom. The van der Waals surface area contributed by atoms with Gasteiger partial charge in [-0.3, -0.25) is 0 Å². The van der Waals surface area contributed by atoms with Crippen molar-refractivity contribution < 1.29 is 4.42 Å². The minimum absolute atomic E-state index is 0.332. The predicted octanol–water partition coefficient (Wildman–Crippen LogP) is 2.42. The van der Waals surface area contributed by atoms with Crippen LogP contribution >= 0.6 is 11.6 Å². The first-order valence-electron chi connectivity index (χ1n) is 6.09. The Kier molecular flexibility index (Phi) is 3.47. The molecule has 2 aromatic heterocycles. The number of halogens is 1. The molecule has 3 rings (SSSR count). The van der Waals surface area contributed by atoms with Gasteiger partial charge in [0.05, 0.1) is 17.8 Å². The van der Waals surface area contributed by atoms with Crippen LogP contribution in [0.1, 0.15) is 17.1 Å². The van der Waals surface area contributed by atoms with Gasteiger partial charge in [0.1, 0.15) is 6.54 Å². The van der Waals surface area contributed by atoms with Gasteiger partial charge in [-0.1, -0.05) is 22.9 Å². The molecule has 0 fully saturated rings. The van der Waals surface area contributed by atoms with Crippen molar-refractivity contribution in [1.82, 2.24) is 25.2 Å². The van der Waals surface area contributed by atoms with Crippen LogP contribution in [-0.4, -0.2) is 25.2 Å². The van der Waals surface area contributed by atoms with Crippen LogP contribution in [-0.2, 0) is 12.4 Å². The highest BCUT2D eigenvalue weighted by Crippen LogP contribution is 2.18. The fourth-order valence-corrected chi connectivity index (χ4v) is 1.87. The molecule has 7 heteroatoms. The van der Waals surface area contributed by atoms with Crippen molar-refractivity contribution >= 4 is 11.6 Å². The highest BCUT2D eigenvalue weighted by molar-refractivity contribution is 6.16. The van der Waals surface area contributed by atoms with E-state index < -0.39 is 0 Å². The summed E-state index contributed by atoms with van der Waals surface area (Å²) in [5.74, 6) is 1.31. The normalized spacial score (nSPS) is 10.9. The molecule has 0 aliphatic rings. The number of hydrogen-bond acceptors (Lipinski definition) is 5. The van der Waals surface area contributed by atoms with E-state index >= 15 is 0 Å². The van der Waals surface area contributed by atoms with E-state index in [0.717, 1.165) is 5.56 Å². The average molecular weight is 290 g/mol. The number of nitrogens with zero attached hydrogens (tertiary/aromatic N) is 5. The number of aryl methyl sites for hydroxylation is 1. The maximum absolute atomic E-state index is 5.67. The maximum atomic E-state index is 5.67. The van der Waals surface area contributed by atoms with Crippen LogP contribution in [0.4, 0.5) is 0 Å². The second-order valence-corrected chi connectivity index (χ2v) is 4.68. The largest absolute Gasteiger partial charge is 0.419 e. The van der Waals surface area contributed by atoms with Crippen molar-refractivity contribution in [3.63, 3.8) is 0 Å². The predicted molar refractivity (Wildman–Crippen MR) is 73.2 cm³/mol. The van der Waals surface area contributed by atoms with E-state index in [1.54, 1.807) is 10.9 Å². The molecule has 0 amide bonds. The zero-order valence-electron chi connectivity index (χ0n) is 10.8. The van der Waals surface area contributed by atoms with Crippen LogP contribution in [0.2, 0.25) is 0 Å². The molecule has 0 bridgehead atoms. The molecule has 0 saturated heterocycles. The molecule has 0 N–H and O–H groups in total. The summed E-state index contributed by atoms with van der Waals surface area (Å²) < 4.78 is 7.23. The van der Waals surface area contributed by atoms with Crippen molar-refractivity contribution in [2.24, 2.45) is 0 Å². The van der Waals surface area contributed by atoms with Crippen molar-refractivity contribution in [2.75, 3.05) is 0 Å². The summed E-state index contributed by atoms with van der Waals surface area (Å²) in [5.41, 5.74) is 2.80. The third kappa shape index (κ3) is 2.70. The summed E-state index contributed by atoms with van der Waals surface area (Å²) in [5, 5.41) is 15.9. The van der Waals surface area contributed by atoms with E-state index in [0.29, 0.717) is 29.9 Å². The zero-order chi connectivity index (χ0) is 13.9. The van der Waals surface area contributed by atoms with Gasteiger partial charge in [0.2, 0.25) is 11.8 Å². The van der Waals surface area contributed by atoms with Gasteiger partial charge in [-0.2, -0.15) is 0 Å². The summed E-state index contributed by atoms with van der Waals surface area (Å²) >= 11 is 5.67. The molecule has 102 valence electrons. The molecule has 20 heavy (non-hydrogen) atoms. The summed E-state index contributed by atoms with van der Waals surface area (Å²) in [6.07, 6.45) is 1.75. The number of alkyl halides is 1. The quantitative estimate of drug-likeness (QED) is 0.690. The minimum atomic E-state index is 0.332. The topological polar surface area (TPSA) is 69.6 Å². The number of rotatable bonds is 4. The van der Waals surface area contributed by atoms with Gasteiger partial charge in [0.25, 0.3) is 0 Å². The Hall–Kier alpha value is -2.21. The van der Waals surface area contributed by atoms with Gasteiger partial charge in [-0.25, -0.2) is 4.68 Å². The van der Waals surface area contributed by atoms with Crippen LogP contribution in [0.15, 0.2) is 34.9 Å². The Morgan fingerprint density at radius 2 is 1.95 bits per heavy atom. The molecule has 1 aromatic carbocycles. The van der Waals surface area contributed by atoms with E-state index in [2.05, 4.69) is 20.5 Å². The molecule has 0 spiro atoms. The molecule has 0 unspecified atom stereocenters. The molecule has 2 heterocycles. The Balaban J connectivity index is 1.78. The molecule has 6 nitrogen and oxygen atoms in total. The van der Waals surface area contributed by atoms with Crippen molar-refractivity contribution in [3.05, 3.63) is 47.6 Å². The molecule has 0 aliphatic carbocycles. The van der Waals surface area contributed by atoms with Crippen LogP contribution in [0.25, 0.3) is 11.5 Å². The van der Waals surface area contributed by atoms with Crippen molar-refractivity contribution in [2.45, 2.75) is 19.3 Å². The summed E-state index contributed by atoms with van der Waals surface area (Å²) in [6, 6.07) is 7.91. The van der Waals surface area contributed by atoms with Gasteiger partial charge < -0.3 is 4.42 Å². The van der Waals surface area contributed by atoms with Gasteiger partial charge in [-0.05, 0) is 19.1 Å². The lowest BCUT2D eigenvalue weighted by molar-refractivity contribution is 0.469. The highest BCUT2D eigenvalue weighted by atomic mass is 35.5. The Labute approximate surface area is 120 Å². The SMILES string of the molecule is Cc1ccc(-c2nnc(Cn3cc(CCl)nn3)o2)cc1. The van der Waals surface area contributed by atoms with Crippen LogP contribution in [0.5, 0.6) is 0 Å². The molecular weight excluding hydrogens is 278 g/mol. The summed E-state index contributed by atoms with van der Waals surface area (Å²) in [4.78, 5) is 0. The van der Waals surface area contributed by atoms with Gasteiger partial charge in [0, 0.05) is 5.56 Å². The average Bonchev–Trinajstić information content (AvgIpc) is 3.09. The smallest absolute Gasteiger partial charge is 0.247 e. The third-order valence-corrected chi connectivity index (χ3v) is 3.06. The van der Waals surface area contributed by atoms with Crippen LogP contribution in [0, 0.1) is 6.92 Å².